The Bertz CT molecular complexity index is 581. The molecular formula is C19H29N3O3. The molecule has 0 unspecified atom stereocenters. The Labute approximate surface area is 149 Å². The third kappa shape index (κ3) is 5.66. The second-order valence-corrected chi connectivity index (χ2v) is 6.72. The molecule has 0 saturated carbocycles. The largest absolute Gasteiger partial charge is 0.496 e. The SMILES string of the molecule is COc1ccccc1CCNC(=O)NC1CCN(C(=O)C(C)C)CC1. The quantitative estimate of drug-likeness (QED) is 0.829. The molecular weight excluding hydrogens is 318 g/mol. The van der Waals surface area contributed by atoms with E-state index in [9.17, 15) is 9.59 Å². The van der Waals surface area contributed by atoms with Gasteiger partial charge in [0.2, 0.25) is 5.91 Å². The lowest BCUT2D eigenvalue weighted by atomic mass is 10.0. The van der Waals surface area contributed by atoms with E-state index in [0.717, 1.165) is 30.6 Å². The molecule has 25 heavy (non-hydrogen) atoms. The summed E-state index contributed by atoms with van der Waals surface area (Å²) in [6.45, 7) is 5.81. The van der Waals surface area contributed by atoms with E-state index in [1.807, 2.05) is 43.0 Å². The smallest absolute Gasteiger partial charge is 0.315 e. The number of hydrogen-bond donors (Lipinski definition) is 2. The molecule has 2 rings (SSSR count). The zero-order chi connectivity index (χ0) is 18.2. The number of carbonyl (C=O) groups is 2. The first-order valence-electron chi connectivity index (χ1n) is 8.96. The molecule has 0 atom stereocenters. The number of para-hydroxylation sites is 1. The molecule has 1 aliphatic rings. The zero-order valence-corrected chi connectivity index (χ0v) is 15.4. The summed E-state index contributed by atoms with van der Waals surface area (Å²) in [7, 11) is 1.65. The Morgan fingerprint density at radius 2 is 1.92 bits per heavy atom. The van der Waals surface area contributed by atoms with Crippen molar-refractivity contribution in [3.05, 3.63) is 29.8 Å². The Kier molecular flexibility index (Phi) is 7.10. The Hall–Kier alpha value is -2.24. The molecule has 1 aromatic carbocycles. The van der Waals surface area contributed by atoms with Gasteiger partial charge in [-0.05, 0) is 30.9 Å². The fraction of sp³-hybridized carbons (Fsp3) is 0.579. The molecule has 1 heterocycles. The molecule has 138 valence electrons. The number of piperidine rings is 1. The van der Waals surface area contributed by atoms with Crippen molar-refractivity contribution in [1.82, 2.24) is 15.5 Å². The van der Waals surface area contributed by atoms with Crippen LogP contribution in [0.1, 0.15) is 32.3 Å². The van der Waals surface area contributed by atoms with Crippen LogP contribution in [0.5, 0.6) is 5.75 Å². The highest BCUT2D eigenvalue weighted by Gasteiger charge is 2.24. The molecule has 1 fully saturated rings. The van der Waals surface area contributed by atoms with Crippen molar-refractivity contribution in [1.29, 1.82) is 0 Å². The summed E-state index contributed by atoms with van der Waals surface area (Å²) in [5.74, 6) is 1.06. The van der Waals surface area contributed by atoms with Crippen molar-refractivity contribution < 1.29 is 14.3 Å². The summed E-state index contributed by atoms with van der Waals surface area (Å²) >= 11 is 0. The highest BCUT2D eigenvalue weighted by atomic mass is 16.5. The van der Waals surface area contributed by atoms with Crippen LogP contribution in [0.4, 0.5) is 4.79 Å². The molecule has 1 aromatic rings. The number of amides is 3. The molecule has 3 amide bonds. The van der Waals surface area contributed by atoms with Gasteiger partial charge >= 0.3 is 6.03 Å². The van der Waals surface area contributed by atoms with Gasteiger partial charge in [0.15, 0.2) is 0 Å². The predicted molar refractivity (Wildman–Crippen MR) is 97.7 cm³/mol. The van der Waals surface area contributed by atoms with Gasteiger partial charge in [0.05, 0.1) is 7.11 Å². The maximum atomic E-state index is 12.0. The van der Waals surface area contributed by atoms with Crippen LogP contribution in [-0.4, -0.2) is 49.6 Å². The highest BCUT2D eigenvalue weighted by molar-refractivity contribution is 5.78. The van der Waals surface area contributed by atoms with Crippen LogP contribution in [0.25, 0.3) is 0 Å². The number of nitrogens with one attached hydrogen (secondary N) is 2. The van der Waals surface area contributed by atoms with Gasteiger partial charge in [0.1, 0.15) is 5.75 Å². The fourth-order valence-electron chi connectivity index (χ4n) is 3.07. The van der Waals surface area contributed by atoms with Crippen LogP contribution in [0.3, 0.4) is 0 Å². The van der Waals surface area contributed by atoms with E-state index < -0.39 is 0 Å². The predicted octanol–water partition coefficient (Wildman–Crippen LogP) is 2.18. The first kappa shape index (κ1) is 19.1. The van der Waals surface area contributed by atoms with E-state index in [1.54, 1.807) is 7.11 Å². The molecule has 0 bridgehead atoms. The number of methoxy groups -OCH3 is 1. The van der Waals surface area contributed by atoms with Gasteiger partial charge in [-0.25, -0.2) is 4.79 Å². The maximum absolute atomic E-state index is 12.0. The molecule has 6 heteroatoms. The van der Waals surface area contributed by atoms with E-state index in [1.165, 1.54) is 0 Å². The molecule has 0 spiro atoms. The van der Waals surface area contributed by atoms with Crippen molar-refractivity contribution in [2.45, 2.75) is 39.2 Å². The lowest BCUT2D eigenvalue weighted by molar-refractivity contribution is -0.135. The monoisotopic (exact) mass is 347 g/mol. The number of urea groups is 1. The average Bonchev–Trinajstić information content (AvgIpc) is 2.62. The van der Waals surface area contributed by atoms with Crippen LogP contribution in [0, 0.1) is 5.92 Å². The van der Waals surface area contributed by atoms with Crippen LogP contribution in [-0.2, 0) is 11.2 Å². The number of benzene rings is 1. The molecule has 0 aliphatic carbocycles. The first-order valence-corrected chi connectivity index (χ1v) is 8.96. The third-order valence-electron chi connectivity index (χ3n) is 4.51. The zero-order valence-electron chi connectivity index (χ0n) is 15.4. The minimum atomic E-state index is -0.150. The lowest BCUT2D eigenvalue weighted by Crippen LogP contribution is -2.50. The minimum absolute atomic E-state index is 0.0304. The highest BCUT2D eigenvalue weighted by Crippen LogP contribution is 2.17. The second-order valence-electron chi connectivity index (χ2n) is 6.72. The summed E-state index contributed by atoms with van der Waals surface area (Å²) in [6, 6.07) is 7.79. The van der Waals surface area contributed by atoms with Crippen LogP contribution in [0.15, 0.2) is 24.3 Å². The van der Waals surface area contributed by atoms with Gasteiger partial charge in [-0.15, -0.1) is 0 Å². The Balaban J connectivity index is 1.68. The van der Waals surface area contributed by atoms with E-state index in [0.29, 0.717) is 19.6 Å². The van der Waals surface area contributed by atoms with E-state index >= 15 is 0 Å². The van der Waals surface area contributed by atoms with Crippen LogP contribution in [0.2, 0.25) is 0 Å². The van der Waals surface area contributed by atoms with Gasteiger partial charge in [-0.3, -0.25) is 4.79 Å². The Morgan fingerprint density at radius 3 is 2.56 bits per heavy atom. The summed E-state index contributed by atoms with van der Waals surface area (Å²) in [5.41, 5.74) is 1.07. The van der Waals surface area contributed by atoms with Crippen molar-refractivity contribution in [2.24, 2.45) is 5.92 Å². The maximum Gasteiger partial charge on any atom is 0.315 e. The molecule has 0 aromatic heterocycles. The standard InChI is InChI=1S/C19H29N3O3/c1-14(2)18(23)22-12-9-16(10-13-22)21-19(24)20-11-8-15-6-4-5-7-17(15)25-3/h4-7,14,16H,8-13H2,1-3H3,(H2,20,21,24). The van der Waals surface area contributed by atoms with E-state index in [2.05, 4.69) is 10.6 Å². The van der Waals surface area contributed by atoms with Gasteiger partial charge in [-0.1, -0.05) is 32.0 Å². The van der Waals surface area contributed by atoms with Crippen molar-refractivity contribution in [2.75, 3.05) is 26.7 Å². The van der Waals surface area contributed by atoms with Crippen molar-refractivity contribution >= 4 is 11.9 Å². The normalized spacial score (nSPS) is 15.1. The summed E-state index contributed by atoms with van der Waals surface area (Å²) in [5, 5.41) is 5.90. The summed E-state index contributed by atoms with van der Waals surface area (Å²) in [6.07, 6.45) is 2.33. The molecule has 6 nitrogen and oxygen atoms in total. The lowest BCUT2D eigenvalue weighted by Gasteiger charge is -2.33. The third-order valence-corrected chi connectivity index (χ3v) is 4.51. The molecule has 1 saturated heterocycles. The fourth-order valence-corrected chi connectivity index (χ4v) is 3.07. The number of ether oxygens (including phenoxy) is 1. The number of carbonyl (C=O) groups excluding carboxylic acids is 2. The number of rotatable bonds is 6. The minimum Gasteiger partial charge on any atom is -0.496 e. The number of nitrogens with zero attached hydrogens (tertiary/aromatic N) is 1. The molecule has 2 N–H and O–H groups in total. The average molecular weight is 347 g/mol. The molecule has 0 radical (unpaired) electrons. The topological polar surface area (TPSA) is 70.7 Å². The van der Waals surface area contributed by atoms with E-state index in [-0.39, 0.29) is 23.9 Å². The first-order chi connectivity index (χ1) is 12.0. The van der Waals surface area contributed by atoms with Crippen molar-refractivity contribution in [3.8, 4) is 5.75 Å². The van der Waals surface area contributed by atoms with Crippen LogP contribution < -0.4 is 15.4 Å². The van der Waals surface area contributed by atoms with Gasteiger partial charge in [0.25, 0.3) is 0 Å². The second kappa shape index (κ2) is 9.30. The summed E-state index contributed by atoms with van der Waals surface area (Å²) in [4.78, 5) is 25.9. The van der Waals surface area contributed by atoms with Crippen LogP contribution >= 0.6 is 0 Å². The van der Waals surface area contributed by atoms with Crippen molar-refractivity contribution in [3.63, 3.8) is 0 Å². The Morgan fingerprint density at radius 1 is 1.24 bits per heavy atom. The molecule has 1 aliphatic heterocycles. The summed E-state index contributed by atoms with van der Waals surface area (Å²) < 4.78 is 5.31. The van der Waals surface area contributed by atoms with Gasteiger partial charge < -0.3 is 20.3 Å². The van der Waals surface area contributed by atoms with Gasteiger partial charge in [0, 0.05) is 31.6 Å². The number of likely N-dealkylation sites (tertiary alicyclic amines) is 1. The van der Waals surface area contributed by atoms with E-state index in [4.69, 9.17) is 4.74 Å². The number of hydrogen-bond acceptors (Lipinski definition) is 3. The van der Waals surface area contributed by atoms with Gasteiger partial charge in [-0.2, -0.15) is 0 Å².